The number of nitrogens with two attached hydrogens (primary N) is 1. The molecule has 2 aromatic rings. The number of anilines is 1. The average molecular weight is 259 g/mol. The van der Waals surface area contributed by atoms with Crippen molar-refractivity contribution in [3.63, 3.8) is 0 Å². The molecule has 0 aliphatic heterocycles. The molecule has 1 unspecified atom stereocenters. The lowest BCUT2D eigenvalue weighted by Crippen LogP contribution is -2.37. The van der Waals surface area contributed by atoms with E-state index >= 15 is 0 Å². The fourth-order valence-electron chi connectivity index (χ4n) is 2.32. The van der Waals surface area contributed by atoms with Gasteiger partial charge in [-0.25, -0.2) is 0 Å². The number of nitrogens with one attached hydrogen (secondary N) is 2. The third kappa shape index (κ3) is 2.72. The quantitative estimate of drug-likeness (QED) is 0.739. The lowest BCUT2D eigenvalue weighted by atomic mass is 10.0. The SMILES string of the molecule is CCC(NC(=O)c1c[nH]c2cc(N)ccc12)C(C)C. The maximum Gasteiger partial charge on any atom is 0.253 e. The van der Waals surface area contributed by atoms with Crippen LogP contribution in [0.3, 0.4) is 0 Å². The van der Waals surface area contributed by atoms with Gasteiger partial charge in [0.2, 0.25) is 0 Å². The molecular formula is C15H21N3O. The molecule has 4 nitrogen and oxygen atoms in total. The summed E-state index contributed by atoms with van der Waals surface area (Å²) in [6, 6.07) is 5.73. The van der Waals surface area contributed by atoms with Crippen LogP contribution in [0.5, 0.6) is 0 Å². The van der Waals surface area contributed by atoms with Crippen LogP contribution in [0.2, 0.25) is 0 Å². The lowest BCUT2D eigenvalue weighted by Gasteiger charge is -2.20. The second kappa shape index (κ2) is 5.34. The summed E-state index contributed by atoms with van der Waals surface area (Å²) >= 11 is 0. The van der Waals surface area contributed by atoms with Gasteiger partial charge in [-0.05, 0) is 30.5 Å². The molecule has 4 heteroatoms. The van der Waals surface area contributed by atoms with Crippen LogP contribution in [-0.2, 0) is 0 Å². The van der Waals surface area contributed by atoms with Crippen LogP contribution >= 0.6 is 0 Å². The first-order chi connectivity index (χ1) is 9.02. The first kappa shape index (κ1) is 13.5. The van der Waals surface area contributed by atoms with Crippen molar-refractivity contribution in [1.29, 1.82) is 0 Å². The van der Waals surface area contributed by atoms with E-state index in [1.165, 1.54) is 0 Å². The highest BCUT2D eigenvalue weighted by Crippen LogP contribution is 2.21. The van der Waals surface area contributed by atoms with Crippen molar-refractivity contribution in [2.75, 3.05) is 5.73 Å². The minimum absolute atomic E-state index is 0.0310. The van der Waals surface area contributed by atoms with Gasteiger partial charge in [0.15, 0.2) is 0 Å². The molecule has 1 atom stereocenters. The molecule has 19 heavy (non-hydrogen) atoms. The Balaban J connectivity index is 2.27. The summed E-state index contributed by atoms with van der Waals surface area (Å²) < 4.78 is 0. The smallest absolute Gasteiger partial charge is 0.253 e. The zero-order valence-corrected chi connectivity index (χ0v) is 11.7. The van der Waals surface area contributed by atoms with Crippen LogP contribution in [0.1, 0.15) is 37.6 Å². The monoisotopic (exact) mass is 259 g/mol. The zero-order chi connectivity index (χ0) is 14.0. The van der Waals surface area contributed by atoms with Crippen molar-refractivity contribution in [1.82, 2.24) is 10.3 Å². The van der Waals surface area contributed by atoms with Crippen molar-refractivity contribution in [2.45, 2.75) is 33.2 Å². The molecule has 1 heterocycles. The van der Waals surface area contributed by atoms with Crippen LogP contribution in [-0.4, -0.2) is 16.9 Å². The second-order valence-electron chi connectivity index (χ2n) is 5.24. The highest BCUT2D eigenvalue weighted by atomic mass is 16.1. The van der Waals surface area contributed by atoms with Gasteiger partial charge in [-0.1, -0.05) is 20.8 Å². The molecule has 102 valence electrons. The Bertz CT molecular complexity index is 586. The second-order valence-corrected chi connectivity index (χ2v) is 5.24. The van der Waals surface area contributed by atoms with Crippen molar-refractivity contribution < 1.29 is 4.79 Å². The Morgan fingerprint density at radius 3 is 2.79 bits per heavy atom. The average Bonchev–Trinajstić information content (AvgIpc) is 2.78. The van der Waals surface area contributed by atoms with Crippen LogP contribution in [0.15, 0.2) is 24.4 Å². The first-order valence-corrected chi connectivity index (χ1v) is 6.70. The van der Waals surface area contributed by atoms with Gasteiger partial charge in [0.1, 0.15) is 0 Å². The Labute approximate surface area is 113 Å². The van der Waals surface area contributed by atoms with E-state index in [2.05, 4.69) is 31.1 Å². The number of carbonyl (C=O) groups is 1. The number of benzene rings is 1. The number of hydrogen-bond acceptors (Lipinski definition) is 2. The zero-order valence-electron chi connectivity index (χ0n) is 11.7. The molecule has 0 aliphatic rings. The minimum Gasteiger partial charge on any atom is -0.399 e. The largest absolute Gasteiger partial charge is 0.399 e. The topological polar surface area (TPSA) is 70.9 Å². The molecule has 0 fully saturated rings. The van der Waals surface area contributed by atoms with Gasteiger partial charge in [0.05, 0.1) is 5.56 Å². The summed E-state index contributed by atoms with van der Waals surface area (Å²) in [7, 11) is 0. The molecule has 0 saturated heterocycles. The number of aromatic nitrogens is 1. The number of amides is 1. The van der Waals surface area contributed by atoms with E-state index in [1.54, 1.807) is 6.20 Å². The van der Waals surface area contributed by atoms with Gasteiger partial charge in [-0.15, -0.1) is 0 Å². The molecule has 4 N–H and O–H groups in total. The first-order valence-electron chi connectivity index (χ1n) is 6.70. The summed E-state index contributed by atoms with van der Waals surface area (Å²) in [6.07, 6.45) is 2.67. The number of rotatable bonds is 4. The number of nitrogen functional groups attached to an aromatic ring is 1. The Kier molecular flexibility index (Phi) is 3.79. The predicted molar refractivity (Wildman–Crippen MR) is 79.1 cm³/mol. The highest BCUT2D eigenvalue weighted by molar-refractivity contribution is 6.07. The normalized spacial score (nSPS) is 12.8. The maximum absolute atomic E-state index is 12.3. The lowest BCUT2D eigenvalue weighted by molar-refractivity contribution is 0.0926. The minimum atomic E-state index is -0.0310. The van der Waals surface area contributed by atoms with Crippen LogP contribution in [0, 0.1) is 5.92 Å². The summed E-state index contributed by atoms with van der Waals surface area (Å²) in [6.45, 7) is 6.32. The number of aromatic amines is 1. The highest BCUT2D eigenvalue weighted by Gasteiger charge is 2.17. The summed E-state index contributed by atoms with van der Waals surface area (Å²) in [5.74, 6) is 0.395. The van der Waals surface area contributed by atoms with Crippen LogP contribution < -0.4 is 11.1 Å². The van der Waals surface area contributed by atoms with Crippen LogP contribution in [0.25, 0.3) is 10.9 Å². The third-order valence-electron chi connectivity index (χ3n) is 3.51. The van der Waals surface area contributed by atoms with Crippen molar-refractivity contribution in [3.05, 3.63) is 30.0 Å². The standard InChI is InChI=1S/C15H21N3O/c1-4-13(9(2)3)18-15(19)12-8-17-14-7-10(16)5-6-11(12)14/h5-9,13,17H,4,16H2,1-3H3,(H,18,19). The summed E-state index contributed by atoms with van der Waals surface area (Å²) in [5.41, 5.74) is 7.99. The third-order valence-corrected chi connectivity index (χ3v) is 3.51. The maximum atomic E-state index is 12.3. The summed E-state index contributed by atoms with van der Waals surface area (Å²) in [4.78, 5) is 15.4. The molecule has 0 spiro atoms. The molecule has 0 radical (unpaired) electrons. The van der Waals surface area contributed by atoms with Crippen molar-refractivity contribution >= 4 is 22.5 Å². The van der Waals surface area contributed by atoms with Gasteiger partial charge in [0, 0.05) is 28.8 Å². The van der Waals surface area contributed by atoms with Crippen molar-refractivity contribution in [3.8, 4) is 0 Å². The fourth-order valence-corrected chi connectivity index (χ4v) is 2.32. The number of H-pyrrole nitrogens is 1. The molecule has 0 saturated carbocycles. The molecule has 1 aromatic carbocycles. The molecule has 1 aromatic heterocycles. The number of fused-ring (bicyclic) bond motifs is 1. The molecule has 1 amide bonds. The Morgan fingerprint density at radius 1 is 1.42 bits per heavy atom. The van der Waals surface area contributed by atoms with E-state index < -0.39 is 0 Å². The Morgan fingerprint density at radius 2 is 2.16 bits per heavy atom. The summed E-state index contributed by atoms with van der Waals surface area (Å²) in [5, 5.41) is 3.99. The van der Waals surface area contributed by atoms with Crippen LogP contribution in [0.4, 0.5) is 5.69 Å². The number of carbonyl (C=O) groups excluding carboxylic acids is 1. The van der Waals surface area contributed by atoms with Crippen molar-refractivity contribution in [2.24, 2.45) is 5.92 Å². The van der Waals surface area contributed by atoms with E-state index in [0.717, 1.165) is 17.3 Å². The van der Waals surface area contributed by atoms with E-state index in [9.17, 15) is 4.79 Å². The molecular weight excluding hydrogens is 238 g/mol. The predicted octanol–water partition coefficient (Wildman–Crippen LogP) is 2.91. The van der Waals surface area contributed by atoms with Gasteiger partial charge in [0.25, 0.3) is 5.91 Å². The van der Waals surface area contributed by atoms with E-state index in [1.807, 2.05) is 18.2 Å². The molecule has 0 bridgehead atoms. The Hall–Kier alpha value is -1.97. The molecule has 0 aliphatic carbocycles. The number of hydrogen-bond donors (Lipinski definition) is 3. The van der Waals surface area contributed by atoms with E-state index in [-0.39, 0.29) is 11.9 Å². The molecule has 2 rings (SSSR count). The fraction of sp³-hybridized carbons (Fsp3) is 0.400. The van der Waals surface area contributed by atoms with E-state index in [0.29, 0.717) is 17.2 Å². The van der Waals surface area contributed by atoms with Gasteiger partial charge in [-0.2, -0.15) is 0 Å². The van der Waals surface area contributed by atoms with E-state index in [4.69, 9.17) is 5.73 Å². The van der Waals surface area contributed by atoms with Gasteiger partial charge >= 0.3 is 0 Å². The van der Waals surface area contributed by atoms with Gasteiger partial charge < -0.3 is 16.0 Å². The van der Waals surface area contributed by atoms with Gasteiger partial charge in [-0.3, -0.25) is 4.79 Å².